The summed E-state index contributed by atoms with van der Waals surface area (Å²) >= 11 is 6.23. The minimum Gasteiger partial charge on any atom is -0.304 e. The van der Waals surface area contributed by atoms with Crippen LogP contribution in [0.1, 0.15) is 37.3 Å². The first-order valence-electron chi connectivity index (χ1n) is 7.92. The Labute approximate surface area is 127 Å². The molecule has 2 nitrogen and oxygen atoms in total. The van der Waals surface area contributed by atoms with E-state index in [4.69, 9.17) is 11.6 Å². The van der Waals surface area contributed by atoms with E-state index in [9.17, 15) is 0 Å². The third kappa shape index (κ3) is 3.19. The third-order valence-corrected chi connectivity index (χ3v) is 5.20. The molecule has 1 aromatic carbocycles. The summed E-state index contributed by atoms with van der Waals surface area (Å²) in [5, 5.41) is 0.875. The number of piperazine rings is 1. The molecule has 0 aromatic heterocycles. The van der Waals surface area contributed by atoms with Crippen LogP contribution in [0.5, 0.6) is 0 Å². The predicted molar refractivity (Wildman–Crippen MR) is 85.2 cm³/mol. The molecule has 1 aliphatic heterocycles. The number of rotatable bonds is 3. The van der Waals surface area contributed by atoms with Gasteiger partial charge in [0.05, 0.1) is 0 Å². The smallest absolute Gasteiger partial charge is 0.0409 e. The lowest BCUT2D eigenvalue weighted by molar-refractivity contribution is 0.0808. The van der Waals surface area contributed by atoms with Gasteiger partial charge in [-0.25, -0.2) is 0 Å². The van der Waals surface area contributed by atoms with Gasteiger partial charge in [0.2, 0.25) is 0 Å². The lowest BCUT2D eigenvalue weighted by Gasteiger charge is -2.41. The maximum Gasteiger partial charge on any atom is 0.0409 e. The number of nitrogens with zero attached hydrogens (tertiary/aromatic N) is 2. The molecule has 3 heteroatoms. The molecule has 1 aromatic rings. The molecule has 1 aliphatic carbocycles. The van der Waals surface area contributed by atoms with Gasteiger partial charge in [-0.05, 0) is 43.5 Å². The second kappa shape index (κ2) is 6.46. The average molecular weight is 293 g/mol. The molecule has 2 fully saturated rings. The molecule has 3 rings (SSSR count). The van der Waals surface area contributed by atoms with Crippen LogP contribution in [0.25, 0.3) is 0 Å². The van der Waals surface area contributed by atoms with Gasteiger partial charge >= 0.3 is 0 Å². The Morgan fingerprint density at radius 3 is 2.45 bits per heavy atom. The highest BCUT2D eigenvalue weighted by atomic mass is 35.5. The van der Waals surface area contributed by atoms with Crippen LogP contribution >= 0.6 is 11.6 Å². The summed E-state index contributed by atoms with van der Waals surface area (Å²) in [7, 11) is 2.22. The number of halogens is 1. The number of likely N-dealkylation sites (N-methyl/N-ethyl adjacent to an activating group) is 1. The average Bonchev–Trinajstić information content (AvgIpc) is 2.95. The largest absolute Gasteiger partial charge is 0.304 e. The maximum absolute atomic E-state index is 6.23. The lowest BCUT2D eigenvalue weighted by Crippen LogP contribution is -2.47. The van der Waals surface area contributed by atoms with Crippen LogP contribution in [-0.4, -0.2) is 43.0 Å². The summed E-state index contributed by atoms with van der Waals surface area (Å²) in [6.07, 6.45) is 5.55. The molecule has 1 unspecified atom stereocenters. The van der Waals surface area contributed by atoms with Gasteiger partial charge < -0.3 is 4.90 Å². The van der Waals surface area contributed by atoms with Gasteiger partial charge in [0.15, 0.2) is 0 Å². The minimum atomic E-state index is 0.574. The zero-order valence-corrected chi connectivity index (χ0v) is 13.1. The molecule has 0 N–H and O–H groups in total. The summed E-state index contributed by atoms with van der Waals surface area (Å²) in [4.78, 5) is 5.13. The highest BCUT2D eigenvalue weighted by Crippen LogP contribution is 2.40. The van der Waals surface area contributed by atoms with Crippen LogP contribution in [-0.2, 0) is 0 Å². The molecular weight excluding hydrogens is 268 g/mol. The summed E-state index contributed by atoms with van der Waals surface area (Å²) < 4.78 is 0. The Bertz CT molecular complexity index is 434. The van der Waals surface area contributed by atoms with Crippen molar-refractivity contribution >= 4 is 11.6 Å². The van der Waals surface area contributed by atoms with E-state index >= 15 is 0 Å². The Morgan fingerprint density at radius 1 is 1.10 bits per heavy atom. The monoisotopic (exact) mass is 292 g/mol. The second-order valence-corrected chi connectivity index (χ2v) is 6.82. The molecule has 1 heterocycles. The van der Waals surface area contributed by atoms with E-state index in [0.717, 1.165) is 10.9 Å². The number of hydrogen-bond acceptors (Lipinski definition) is 2. The van der Waals surface area contributed by atoms with E-state index in [0.29, 0.717) is 6.04 Å². The van der Waals surface area contributed by atoms with Crippen molar-refractivity contribution in [2.45, 2.75) is 31.7 Å². The van der Waals surface area contributed by atoms with E-state index in [-0.39, 0.29) is 0 Å². The number of hydrogen-bond donors (Lipinski definition) is 0. The highest BCUT2D eigenvalue weighted by Gasteiger charge is 2.32. The standard InChI is InChI=1S/C17H25ClN2/c1-19-9-11-20(12-10-19)17(14-5-2-3-6-14)15-7-4-8-16(18)13-15/h4,7-8,13-14,17H,2-3,5-6,9-12H2,1H3. The first-order chi connectivity index (χ1) is 9.74. The maximum atomic E-state index is 6.23. The topological polar surface area (TPSA) is 6.48 Å². The Hall–Kier alpha value is -0.570. The molecule has 1 atom stereocenters. The van der Waals surface area contributed by atoms with Crippen molar-refractivity contribution in [2.24, 2.45) is 5.92 Å². The van der Waals surface area contributed by atoms with Gasteiger partial charge in [-0.2, -0.15) is 0 Å². The fourth-order valence-corrected chi connectivity index (χ4v) is 4.04. The predicted octanol–water partition coefficient (Wildman–Crippen LogP) is 3.82. The molecule has 0 radical (unpaired) electrons. The summed E-state index contributed by atoms with van der Waals surface area (Å²) in [5.41, 5.74) is 1.42. The first-order valence-corrected chi connectivity index (χ1v) is 8.30. The highest BCUT2D eigenvalue weighted by molar-refractivity contribution is 6.30. The van der Waals surface area contributed by atoms with E-state index in [2.05, 4.69) is 35.0 Å². The van der Waals surface area contributed by atoms with Crippen LogP contribution in [0.4, 0.5) is 0 Å². The van der Waals surface area contributed by atoms with Crippen LogP contribution in [0.15, 0.2) is 24.3 Å². The van der Waals surface area contributed by atoms with E-state index < -0.39 is 0 Å². The Morgan fingerprint density at radius 2 is 1.80 bits per heavy atom. The molecule has 0 spiro atoms. The van der Waals surface area contributed by atoms with Crippen molar-refractivity contribution in [1.82, 2.24) is 9.80 Å². The zero-order chi connectivity index (χ0) is 13.9. The summed E-state index contributed by atoms with van der Waals surface area (Å²) in [5.74, 6) is 0.817. The molecule has 20 heavy (non-hydrogen) atoms. The Kier molecular flexibility index (Phi) is 4.65. The first kappa shape index (κ1) is 14.4. The van der Waals surface area contributed by atoms with Gasteiger partial charge in [-0.1, -0.05) is 36.6 Å². The second-order valence-electron chi connectivity index (χ2n) is 6.38. The lowest BCUT2D eigenvalue weighted by atomic mass is 9.89. The third-order valence-electron chi connectivity index (χ3n) is 4.97. The van der Waals surface area contributed by atoms with Gasteiger partial charge in [0.1, 0.15) is 0 Å². The van der Waals surface area contributed by atoms with Crippen molar-refractivity contribution in [3.8, 4) is 0 Å². The van der Waals surface area contributed by atoms with Gasteiger partial charge in [0, 0.05) is 37.2 Å². The minimum absolute atomic E-state index is 0.574. The normalized spacial score (nSPS) is 24.1. The van der Waals surface area contributed by atoms with Crippen molar-refractivity contribution in [1.29, 1.82) is 0 Å². The quantitative estimate of drug-likeness (QED) is 0.836. The van der Waals surface area contributed by atoms with Crippen LogP contribution in [0.2, 0.25) is 5.02 Å². The fraction of sp³-hybridized carbons (Fsp3) is 0.647. The van der Waals surface area contributed by atoms with Crippen LogP contribution in [0, 0.1) is 5.92 Å². The van der Waals surface area contributed by atoms with E-state index in [1.807, 2.05) is 6.07 Å². The summed E-state index contributed by atoms with van der Waals surface area (Å²) in [6, 6.07) is 9.12. The molecule has 110 valence electrons. The van der Waals surface area contributed by atoms with Gasteiger partial charge in [-0.15, -0.1) is 0 Å². The van der Waals surface area contributed by atoms with Crippen molar-refractivity contribution in [3.63, 3.8) is 0 Å². The van der Waals surface area contributed by atoms with Crippen molar-refractivity contribution in [3.05, 3.63) is 34.9 Å². The SMILES string of the molecule is CN1CCN(C(c2cccc(Cl)c2)C2CCCC2)CC1. The molecule has 1 saturated carbocycles. The van der Waals surface area contributed by atoms with Crippen LogP contribution in [0.3, 0.4) is 0 Å². The Balaban J connectivity index is 1.83. The molecule has 1 saturated heterocycles. The molecular formula is C17H25ClN2. The van der Waals surface area contributed by atoms with Crippen molar-refractivity contribution < 1.29 is 0 Å². The molecule has 0 bridgehead atoms. The van der Waals surface area contributed by atoms with E-state index in [1.165, 1.54) is 57.4 Å². The van der Waals surface area contributed by atoms with Crippen LogP contribution < -0.4 is 0 Å². The van der Waals surface area contributed by atoms with Gasteiger partial charge in [-0.3, -0.25) is 4.90 Å². The van der Waals surface area contributed by atoms with Gasteiger partial charge in [0.25, 0.3) is 0 Å². The van der Waals surface area contributed by atoms with E-state index in [1.54, 1.807) is 0 Å². The van der Waals surface area contributed by atoms with Crippen molar-refractivity contribution in [2.75, 3.05) is 33.2 Å². The number of benzene rings is 1. The zero-order valence-electron chi connectivity index (χ0n) is 12.4. The molecule has 2 aliphatic rings. The summed E-state index contributed by atoms with van der Waals surface area (Å²) in [6.45, 7) is 4.74. The molecule has 0 amide bonds. The fourth-order valence-electron chi connectivity index (χ4n) is 3.84.